The topological polar surface area (TPSA) is 64.6 Å². The summed E-state index contributed by atoms with van der Waals surface area (Å²) >= 11 is 0. The molecule has 1 amide bonds. The zero-order chi connectivity index (χ0) is 17.7. The van der Waals surface area contributed by atoms with Crippen LogP contribution >= 0.6 is 0 Å². The monoisotopic (exact) mass is 327 g/mol. The maximum Gasteiger partial charge on any atom is 0.338 e. The highest BCUT2D eigenvalue weighted by molar-refractivity contribution is 6.05. The van der Waals surface area contributed by atoms with Crippen molar-refractivity contribution in [2.75, 3.05) is 19.0 Å². The second kappa shape index (κ2) is 7.64. The van der Waals surface area contributed by atoms with E-state index in [1.54, 1.807) is 57.4 Å². The molecular formula is C19H21NO4. The lowest BCUT2D eigenvalue weighted by Gasteiger charge is -2.12. The molecule has 0 saturated heterocycles. The quantitative estimate of drug-likeness (QED) is 0.850. The molecule has 0 aliphatic rings. The van der Waals surface area contributed by atoms with Crippen molar-refractivity contribution in [3.8, 4) is 5.75 Å². The minimum Gasteiger partial charge on any atom is -0.496 e. The molecule has 2 rings (SSSR count). The van der Waals surface area contributed by atoms with Crippen LogP contribution in [0.25, 0.3) is 0 Å². The molecule has 0 radical (unpaired) electrons. The van der Waals surface area contributed by atoms with Gasteiger partial charge in [0.2, 0.25) is 0 Å². The molecule has 0 heterocycles. The zero-order valence-corrected chi connectivity index (χ0v) is 14.3. The van der Waals surface area contributed by atoms with E-state index in [1.807, 2.05) is 6.92 Å². The number of rotatable bonds is 5. The Labute approximate surface area is 141 Å². The van der Waals surface area contributed by atoms with E-state index in [0.29, 0.717) is 29.0 Å². The van der Waals surface area contributed by atoms with Crippen LogP contribution in [-0.2, 0) is 4.74 Å². The van der Waals surface area contributed by atoms with Crippen molar-refractivity contribution in [2.24, 2.45) is 0 Å². The van der Waals surface area contributed by atoms with E-state index in [2.05, 4.69) is 5.32 Å². The normalized spacial score (nSPS) is 10.2. The van der Waals surface area contributed by atoms with Gasteiger partial charge in [-0.2, -0.15) is 0 Å². The first-order valence-electron chi connectivity index (χ1n) is 7.70. The average molecular weight is 327 g/mol. The third kappa shape index (κ3) is 3.74. The molecule has 0 aliphatic heterocycles. The second-order valence-corrected chi connectivity index (χ2v) is 5.34. The van der Waals surface area contributed by atoms with Gasteiger partial charge in [0.25, 0.3) is 5.91 Å². The van der Waals surface area contributed by atoms with Crippen molar-refractivity contribution in [3.05, 3.63) is 58.7 Å². The summed E-state index contributed by atoms with van der Waals surface area (Å²) in [6, 6.07) is 10.4. The minimum atomic E-state index is -0.397. The van der Waals surface area contributed by atoms with Gasteiger partial charge < -0.3 is 14.8 Å². The van der Waals surface area contributed by atoms with E-state index in [-0.39, 0.29) is 5.91 Å². The molecule has 0 spiro atoms. The molecule has 1 N–H and O–H groups in total. The number of benzene rings is 2. The number of ether oxygens (including phenoxy) is 2. The molecule has 5 heteroatoms. The van der Waals surface area contributed by atoms with Crippen LogP contribution in [0, 0.1) is 13.8 Å². The van der Waals surface area contributed by atoms with Crippen molar-refractivity contribution < 1.29 is 19.1 Å². The summed E-state index contributed by atoms with van der Waals surface area (Å²) < 4.78 is 10.2. The van der Waals surface area contributed by atoms with Crippen molar-refractivity contribution in [3.63, 3.8) is 0 Å². The highest BCUT2D eigenvalue weighted by Gasteiger charge is 2.15. The highest BCUT2D eigenvalue weighted by Crippen LogP contribution is 2.22. The Hall–Kier alpha value is -2.82. The van der Waals surface area contributed by atoms with Gasteiger partial charge in [-0.15, -0.1) is 0 Å². The van der Waals surface area contributed by atoms with Gasteiger partial charge in [0.1, 0.15) is 5.75 Å². The first-order valence-corrected chi connectivity index (χ1v) is 7.70. The lowest BCUT2D eigenvalue weighted by molar-refractivity contribution is 0.0525. The van der Waals surface area contributed by atoms with E-state index in [4.69, 9.17) is 9.47 Å². The number of hydrogen-bond donors (Lipinski definition) is 1. The van der Waals surface area contributed by atoms with Gasteiger partial charge in [-0.05, 0) is 62.2 Å². The van der Waals surface area contributed by atoms with E-state index >= 15 is 0 Å². The Morgan fingerprint density at radius 3 is 2.50 bits per heavy atom. The molecule has 24 heavy (non-hydrogen) atoms. The van der Waals surface area contributed by atoms with Crippen LogP contribution in [0.2, 0.25) is 0 Å². The molecule has 0 atom stereocenters. The third-order valence-corrected chi connectivity index (χ3v) is 3.73. The van der Waals surface area contributed by atoms with Crippen LogP contribution in [0.15, 0.2) is 36.4 Å². The van der Waals surface area contributed by atoms with E-state index in [9.17, 15) is 9.59 Å². The molecule has 5 nitrogen and oxygen atoms in total. The van der Waals surface area contributed by atoms with E-state index in [0.717, 1.165) is 11.3 Å². The Morgan fingerprint density at radius 1 is 1.12 bits per heavy atom. The van der Waals surface area contributed by atoms with Crippen LogP contribution < -0.4 is 10.1 Å². The number of nitrogens with one attached hydrogen (secondary N) is 1. The zero-order valence-electron chi connectivity index (χ0n) is 14.3. The lowest BCUT2D eigenvalue weighted by atomic mass is 10.1. The number of carbonyl (C=O) groups excluding carboxylic acids is 2. The number of esters is 1. The van der Waals surface area contributed by atoms with E-state index < -0.39 is 5.97 Å². The number of carbonyl (C=O) groups is 2. The molecule has 0 fully saturated rings. The maximum absolute atomic E-state index is 12.5. The van der Waals surface area contributed by atoms with Gasteiger partial charge >= 0.3 is 5.97 Å². The molecular weight excluding hydrogens is 306 g/mol. The van der Waals surface area contributed by atoms with Crippen LogP contribution in [0.4, 0.5) is 5.69 Å². The summed E-state index contributed by atoms with van der Waals surface area (Å²) in [6.07, 6.45) is 0. The summed E-state index contributed by atoms with van der Waals surface area (Å²) in [4.78, 5) is 24.4. The molecule has 2 aromatic carbocycles. The van der Waals surface area contributed by atoms with Crippen molar-refractivity contribution in [1.82, 2.24) is 0 Å². The standard InChI is InChI=1S/C19H21NO4/c1-5-24-19(22)15-7-6-8-16(13(15)3)20-18(21)14-9-10-17(23-4)12(2)11-14/h6-11H,5H2,1-4H3,(H,20,21). The van der Waals surface area contributed by atoms with E-state index in [1.165, 1.54) is 0 Å². The van der Waals surface area contributed by atoms with Gasteiger partial charge in [-0.3, -0.25) is 4.79 Å². The Kier molecular flexibility index (Phi) is 5.58. The third-order valence-electron chi connectivity index (χ3n) is 3.73. The van der Waals surface area contributed by atoms with Crippen LogP contribution in [0.1, 0.15) is 38.8 Å². The number of amides is 1. The Balaban J connectivity index is 2.24. The summed E-state index contributed by atoms with van der Waals surface area (Å²) in [5.74, 6) is 0.0864. The SMILES string of the molecule is CCOC(=O)c1cccc(NC(=O)c2ccc(OC)c(C)c2)c1C. The first-order chi connectivity index (χ1) is 11.5. The smallest absolute Gasteiger partial charge is 0.338 e. The largest absolute Gasteiger partial charge is 0.496 e. The van der Waals surface area contributed by atoms with Crippen LogP contribution in [0.5, 0.6) is 5.75 Å². The minimum absolute atomic E-state index is 0.245. The van der Waals surface area contributed by atoms with Gasteiger partial charge in [0, 0.05) is 11.3 Å². The van der Waals surface area contributed by atoms with Gasteiger partial charge in [-0.1, -0.05) is 6.07 Å². The predicted molar refractivity (Wildman–Crippen MR) is 92.8 cm³/mol. The number of methoxy groups -OCH3 is 1. The first kappa shape index (κ1) is 17.5. The van der Waals surface area contributed by atoms with Gasteiger partial charge in [0.15, 0.2) is 0 Å². The van der Waals surface area contributed by atoms with Gasteiger partial charge in [-0.25, -0.2) is 4.79 Å². The molecule has 126 valence electrons. The summed E-state index contributed by atoms with van der Waals surface area (Å²) in [6.45, 7) is 5.72. The molecule has 0 aliphatic carbocycles. The highest BCUT2D eigenvalue weighted by atomic mass is 16.5. The van der Waals surface area contributed by atoms with Crippen LogP contribution in [-0.4, -0.2) is 25.6 Å². The summed E-state index contributed by atoms with van der Waals surface area (Å²) in [5.41, 5.74) is 3.10. The molecule has 0 unspecified atom stereocenters. The van der Waals surface area contributed by atoms with Gasteiger partial charge in [0.05, 0.1) is 19.3 Å². The Bertz CT molecular complexity index is 768. The Morgan fingerprint density at radius 2 is 1.88 bits per heavy atom. The molecule has 0 saturated carbocycles. The number of hydrogen-bond acceptors (Lipinski definition) is 4. The number of aryl methyl sites for hydroxylation is 1. The lowest BCUT2D eigenvalue weighted by Crippen LogP contribution is -2.15. The maximum atomic E-state index is 12.5. The summed E-state index contributed by atoms with van der Waals surface area (Å²) in [7, 11) is 1.59. The second-order valence-electron chi connectivity index (χ2n) is 5.34. The summed E-state index contributed by atoms with van der Waals surface area (Å²) in [5, 5.41) is 2.84. The average Bonchev–Trinajstić information content (AvgIpc) is 2.56. The van der Waals surface area contributed by atoms with Crippen LogP contribution in [0.3, 0.4) is 0 Å². The molecule has 2 aromatic rings. The number of anilines is 1. The fourth-order valence-electron chi connectivity index (χ4n) is 2.42. The van der Waals surface area contributed by atoms with Crippen molar-refractivity contribution in [2.45, 2.75) is 20.8 Å². The predicted octanol–water partition coefficient (Wildman–Crippen LogP) is 3.74. The fraction of sp³-hybridized carbons (Fsp3) is 0.263. The van der Waals surface area contributed by atoms with Crippen molar-refractivity contribution >= 4 is 17.6 Å². The molecule has 0 bridgehead atoms. The van der Waals surface area contributed by atoms with Crippen molar-refractivity contribution in [1.29, 1.82) is 0 Å². The molecule has 0 aromatic heterocycles. The fourth-order valence-corrected chi connectivity index (χ4v) is 2.42.